The molecule has 0 radical (unpaired) electrons. The minimum absolute atomic E-state index is 0.377. The van der Waals surface area contributed by atoms with E-state index in [0.29, 0.717) is 18.4 Å². The van der Waals surface area contributed by atoms with Gasteiger partial charge in [-0.25, -0.2) is 0 Å². The molecule has 0 saturated carbocycles. The van der Waals surface area contributed by atoms with Gasteiger partial charge in [-0.3, -0.25) is 9.67 Å². The second kappa shape index (κ2) is 8.36. The number of aromatic nitrogens is 2. The number of aryl methyl sites for hydroxylation is 2. The molecule has 0 amide bonds. The summed E-state index contributed by atoms with van der Waals surface area (Å²) in [6, 6.07) is 8.30. The Morgan fingerprint density at radius 2 is 1.96 bits per heavy atom. The van der Waals surface area contributed by atoms with Crippen LogP contribution in [0.3, 0.4) is 0 Å². The highest BCUT2D eigenvalue weighted by Gasteiger charge is 2.08. The van der Waals surface area contributed by atoms with Crippen molar-refractivity contribution in [3.05, 3.63) is 47.8 Å². The predicted octanol–water partition coefficient (Wildman–Crippen LogP) is 3.07. The third-order valence-corrected chi connectivity index (χ3v) is 3.88. The Kier molecular flexibility index (Phi) is 6.20. The van der Waals surface area contributed by atoms with Gasteiger partial charge in [-0.1, -0.05) is 39.0 Å². The van der Waals surface area contributed by atoms with Crippen LogP contribution in [0.25, 0.3) is 0 Å². The van der Waals surface area contributed by atoms with E-state index in [-0.39, 0.29) is 0 Å². The van der Waals surface area contributed by atoms with Crippen molar-refractivity contribution in [3.8, 4) is 0 Å². The fourth-order valence-corrected chi connectivity index (χ4v) is 2.61. The van der Waals surface area contributed by atoms with Crippen LogP contribution in [0.15, 0.2) is 41.7 Å². The third kappa shape index (κ3) is 4.84. The van der Waals surface area contributed by atoms with Crippen LogP contribution in [0.2, 0.25) is 0 Å². The van der Waals surface area contributed by atoms with Crippen molar-refractivity contribution >= 4 is 11.6 Å². The van der Waals surface area contributed by atoms with Crippen LogP contribution in [0.4, 0.5) is 5.69 Å². The smallest absolute Gasteiger partial charge is 0.193 e. The van der Waals surface area contributed by atoms with Crippen molar-refractivity contribution < 1.29 is 0 Å². The Morgan fingerprint density at radius 1 is 1.26 bits per heavy atom. The van der Waals surface area contributed by atoms with Gasteiger partial charge in [0, 0.05) is 31.2 Å². The first-order valence-corrected chi connectivity index (χ1v) is 8.29. The number of hydrogen-bond donors (Lipinski definition) is 2. The van der Waals surface area contributed by atoms with Crippen LogP contribution in [0, 0.1) is 5.92 Å². The molecule has 1 aromatic carbocycles. The normalized spacial score (nSPS) is 13.1. The molecule has 0 fully saturated rings. The number of anilines is 1. The van der Waals surface area contributed by atoms with Gasteiger partial charge in [-0.15, -0.1) is 0 Å². The van der Waals surface area contributed by atoms with Gasteiger partial charge in [-0.2, -0.15) is 5.10 Å². The number of rotatable bonds is 7. The predicted molar refractivity (Wildman–Crippen MR) is 96.7 cm³/mol. The fourth-order valence-electron chi connectivity index (χ4n) is 2.61. The van der Waals surface area contributed by atoms with Crippen molar-refractivity contribution in [1.29, 1.82) is 0 Å². The summed E-state index contributed by atoms with van der Waals surface area (Å²) >= 11 is 0. The molecule has 0 aliphatic heterocycles. The largest absolute Gasteiger partial charge is 0.370 e. The van der Waals surface area contributed by atoms with E-state index in [1.165, 1.54) is 11.1 Å². The van der Waals surface area contributed by atoms with Crippen molar-refractivity contribution in [1.82, 2.24) is 9.78 Å². The van der Waals surface area contributed by atoms with Crippen molar-refractivity contribution in [2.45, 2.75) is 40.2 Å². The first-order valence-electron chi connectivity index (χ1n) is 8.29. The standard InChI is InChI=1S/C18H27N5/c1-4-15-8-6-9-16(5-2)17(15)22-18(19)20-12-14(3)13-23-11-7-10-21-23/h6-11,14H,4-5,12-13H2,1-3H3,(H3,19,20,22). The minimum atomic E-state index is 0.377. The summed E-state index contributed by atoms with van der Waals surface area (Å²) in [5, 5.41) is 7.52. The van der Waals surface area contributed by atoms with Crippen molar-refractivity contribution in [2.24, 2.45) is 16.6 Å². The van der Waals surface area contributed by atoms with E-state index in [9.17, 15) is 0 Å². The quantitative estimate of drug-likeness (QED) is 0.610. The first-order chi connectivity index (χ1) is 11.1. The molecule has 0 aliphatic rings. The van der Waals surface area contributed by atoms with Gasteiger partial charge in [0.25, 0.3) is 0 Å². The molecule has 1 atom stereocenters. The Bertz CT molecular complexity index is 609. The second-order valence-electron chi connectivity index (χ2n) is 5.84. The van der Waals surface area contributed by atoms with E-state index in [1.807, 2.05) is 16.9 Å². The number of guanidine groups is 1. The topological polar surface area (TPSA) is 68.2 Å². The zero-order valence-corrected chi connectivity index (χ0v) is 14.3. The van der Waals surface area contributed by atoms with Crippen LogP contribution in [0.1, 0.15) is 31.9 Å². The number of benzene rings is 1. The molecular formula is C18H27N5. The number of nitrogens with zero attached hydrogens (tertiary/aromatic N) is 3. The zero-order valence-electron chi connectivity index (χ0n) is 14.3. The molecule has 0 bridgehead atoms. The highest BCUT2D eigenvalue weighted by atomic mass is 15.3. The maximum absolute atomic E-state index is 6.09. The Labute approximate surface area is 138 Å². The lowest BCUT2D eigenvalue weighted by molar-refractivity contribution is 0.459. The lowest BCUT2D eigenvalue weighted by atomic mass is 10.0. The lowest BCUT2D eigenvalue weighted by Crippen LogP contribution is -2.25. The summed E-state index contributed by atoms with van der Waals surface area (Å²) < 4.78 is 1.92. The first kappa shape index (κ1) is 17.1. The number of nitrogens with one attached hydrogen (secondary N) is 1. The number of hydrogen-bond acceptors (Lipinski definition) is 2. The maximum Gasteiger partial charge on any atom is 0.193 e. The molecule has 5 nitrogen and oxygen atoms in total. The number of aliphatic imine (C=N–C) groups is 1. The summed E-state index contributed by atoms with van der Waals surface area (Å²) in [5.74, 6) is 0.857. The van der Waals surface area contributed by atoms with Gasteiger partial charge in [0.05, 0.1) is 0 Å². The third-order valence-electron chi connectivity index (χ3n) is 3.88. The average molecular weight is 313 g/mol. The monoisotopic (exact) mass is 313 g/mol. The van der Waals surface area contributed by atoms with Gasteiger partial charge in [-0.05, 0) is 36.0 Å². The molecular weight excluding hydrogens is 286 g/mol. The van der Waals surface area contributed by atoms with E-state index in [0.717, 1.165) is 25.1 Å². The van der Waals surface area contributed by atoms with Crippen LogP contribution >= 0.6 is 0 Å². The maximum atomic E-state index is 6.09. The minimum Gasteiger partial charge on any atom is -0.370 e. The molecule has 2 rings (SSSR count). The molecule has 1 aromatic heterocycles. The fraction of sp³-hybridized carbons (Fsp3) is 0.444. The zero-order chi connectivity index (χ0) is 16.7. The molecule has 2 aromatic rings. The summed E-state index contributed by atoms with van der Waals surface area (Å²) in [4.78, 5) is 4.49. The molecule has 0 aliphatic carbocycles. The SMILES string of the molecule is CCc1cccc(CC)c1NC(N)=NCC(C)Cn1cccn1. The van der Waals surface area contributed by atoms with Gasteiger partial charge in [0.2, 0.25) is 0 Å². The van der Waals surface area contributed by atoms with Crippen molar-refractivity contribution in [2.75, 3.05) is 11.9 Å². The summed E-state index contributed by atoms with van der Waals surface area (Å²) in [7, 11) is 0. The average Bonchev–Trinajstić information content (AvgIpc) is 3.06. The van der Waals surface area contributed by atoms with Crippen LogP contribution < -0.4 is 11.1 Å². The van der Waals surface area contributed by atoms with Gasteiger partial charge in [0.1, 0.15) is 0 Å². The lowest BCUT2D eigenvalue weighted by Gasteiger charge is -2.15. The Morgan fingerprint density at radius 3 is 2.52 bits per heavy atom. The van der Waals surface area contributed by atoms with E-state index in [2.05, 4.69) is 54.4 Å². The molecule has 3 N–H and O–H groups in total. The van der Waals surface area contributed by atoms with E-state index < -0.39 is 0 Å². The number of nitrogens with two attached hydrogens (primary N) is 1. The molecule has 124 valence electrons. The molecule has 1 unspecified atom stereocenters. The highest BCUT2D eigenvalue weighted by Crippen LogP contribution is 2.22. The van der Waals surface area contributed by atoms with E-state index in [1.54, 1.807) is 6.20 Å². The van der Waals surface area contributed by atoms with E-state index in [4.69, 9.17) is 5.73 Å². The molecule has 1 heterocycles. The molecule has 5 heteroatoms. The molecule has 23 heavy (non-hydrogen) atoms. The molecule has 0 saturated heterocycles. The van der Waals surface area contributed by atoms with Crippen LogP contribution in [0.5, 0.6) is 0 Å². The summed E-state index contributed by atoms with van der Waals surface area (Å²) in [6.45, 7) is 7.97. The van der Waals surface area contributed by atoms with Gasteiger partial charge in [0.15, 0.2) is 5.96 Å². The molecule has 0 spiro atoms. The van der Waals surface area contributed by atoms with Gasteiger partial charge < -0.3 is 11.1 Å². The van der Waals surface area contributed by atoms with Crippen LogP contribution in [-0.4, -0.2) is 22.3 Å². The van der Waals surface area contributed by atoms with Crippen molar-refractivity contribution in [3.63, 3.8) is 0 Å². The highest BCUT2D eigenvalue weighted by molar-refractivity contribution is 5.93. The summed E-state index contributed by atoms with van der Waals surface area (Å²) in [5.41, 5.74) is 9.74. The second-order valence-corrected chi connectivity index (χ2v) is 5.84. The van der Waals surface area contributed by atoms with Gasteiger partial charge >= 0.3 is 0 Å². The van der Waals surface area contributed by atoms with E-state index >= 15 is 0 Å². The Hall–Kier alpha value is -2.30. The Balaban J connectivity index is 1.99. The number of para-hydroxylation sites is 1. The summed E-state index contributed by atoms with van der Waals surface area (Å²) in [6.07, 6.45) is 5.70. The van der Waals surface area contributed by atoms with Crippen LogP contribution in [-0.2, 0) is 19.4 Å².